The van der Waals surface area contributed by atoms with Gasteiger partial charge in [0.05, 0.1) is 0 Å². The summed E-state index contributed by atoms with van der Waals surface area (Å²) in [5, 5.41) is 8.75. The monoisotopic (exact) mass is 329 g/mol. The van der Waals surface area contributed by atoms with E-state index in [0.717, 1.165) is 5.56 Å². The van der Waals surface area contributed by atoms with Gasteiger partial charge in [-0.25, -0.2) is 4.79 Å². The molecule has 0 aromatic heterocycles. The van der Waals surface area contributed by atoms with Gasteiger partial charge in [0.1, 0.15) is 6.04 Å². The van der Waals surface area contributed by atoms with Crippen LogP contribution in [0.1, 0.15) is 11.5 Å². The summed E-state index contributed by atoms with van der Waals surface area (Å²) < 4.78 is 0. The molecule has 1 aliphatic heterocycles. The van der Waals surface area contributed by atoms with E-state index in [1.807, 2.05) is 30.3 Å². The number of rotatable bonds is 3. The minimum atomic E-state index is -0.600. The molecule has 0 radical (unpaired) electrons. The molecule has 0 saturated carbocycles. The maximum atomic E-state index is 12.2. The summed E-state index contributed by atoms with van der Waals surface area (Å²) in [5.74, 6) is -0.270. The van der Waals surface area contributed by atoms with Gasteiger partial charge in [0.25, 0.3) is 0 Å². The topological polar surface area (TPSA) is 70.2 Å². The van der Waals surface area contributed by atoms with Crippen molar-refractivity contribution in [2.24, 2.45) is 0 Å². The van der Waals surface area contributed by atoms with E-state index in [1.165, 1.54) is 0 Å². The molecule has 2 atom stereocenters. The molecular weight excluding hydrogens is 314 g/mol. The van der Waals surface area contributed by atoms with Crippen LogP contribution < -0.4 is 16.0 Å². The summed E-state index contributed by atoms with van der Waals surface area (Å²) in [5.41, 5.74) is 1.59. The maximum Gasteiger partial charge on any atom is 0.319 e. The van der Waals surface area contributed by atoms with Crippen molar-refractivity contribution in [3.63, 3.8) is 0 Å². The molecule has 3 rings (SSSR count). The second kappa shape index (κ2) is 6.71. The van der Waals surface area contributed by atoms with Crippen LogP contribution in [0.4, 0.5) is 10.5 Å². The lowest BCUT2D eigenvalue weighted by Crippen LogP contribution is -2.44. The van der Waals surface area contributed by atoms with Gasteiger partial charge in [0.15, 0.2) is 0 Å². The average Bonchev–Trinajstić information content (AvgIpc) is 2.89. The molecule has 6 heteroatoms. The van der Waals surface area contributed by atoms with Crippen LogP contribution in [0.3, 0.4) is 0 Å². The van der Waals surface area contributed by atoms with Crippen molar-refractivity contribution in [3.05, 3.63) is 65.2 Å². The fourth-order valence-corrected chi connectivity index (χ4v) is 2.86. The highest BCUT2D eigenvalue weighted by Crippen LogP contribution is 2.23. The fourth-order valence-electron chi connectivity index (χ4n) is 2.67. The third-order valence-electron chi connectivity index (χ3n) is 3.78. The minimum Gasteiger partial charge on any atom is -0.354 e. The molecule has 0 unspecified atom stereocenters. The van der Waals surface area contributed by atoms with Crippen molar-refractivity contribution in [3.8, 4) is 0 Å². The Morgan fingerprint density at radius 3 is 2.65 bits per heavy atom. The standard InChI is InChI=1S/C17H16ClN3O2/c18-12-7-4-8-13(9-12)20-17(23)21-15-14(10-19-16(15)22)11-5-2-1-3-6-11/h1-9,14-15H,10H2,(H,19,22)(H2,20,21,23)/t14-,15-/m1/s1. The van der Waals surface area contributed by atoms with Gasteiger partial charge in [0.2, 0.25) is 5.91 Å². The van der Waals surface area contributed by atoms with Crippen molar-refractivity contribution in [2.45, 2.75) is 12.0 Å². The largest absolute Gasteiger partial charge is 0.354 e. The van der Waals surface area contributed by atoms with E-state index < -0.39 is 12.1 Å². The van der Waals surface area contributed by atoms with Crippen molar-refractivity contribution in [1.29, 1.82) is 0 Å². The fraction of sp³-hybridized carbons (Fsp3) is 0.176. The third kappa shape index (κ3) is 3.63. The number of hydrogen-bond acceptors (Lipinski definition) is 2. The van der Waals surface area contributed by atoms with E-state index in [0.29, 0.717) is 17.3 Å². The second-order valence-electron chi connectivity index (χ2n) is 5.35. The molecule has 2 aromatic rings. The van der Waals surface area contributed by atoms with E-state index >= 15 is 0 Å². The number of carbonyl (C=O) groups excluding carboxylic acids is 2. The second-order valence-corrected chi connectivity index (χ2v) is 5.79. The number of amides is 3. The molecule has 0 aliphatic carbocycles. The van der Waals surface area contributed by atoms with Crippen LogP contribution in [-0.4, -0.2) is 24.5 Å². The highest BCUT2D eigenvalue weighted by atomic mass is 35.5. The van der Waals surface area contributed by atoms with E-state index in [1.54, 1.807) is 24.3 Å². The summed E-state index contributed by atoms with van der Waals surface area (Å²) in [6.45, 7) is 0.505. The quantitative estimate of drug-likeness (QED) is 0.810. The van der Waals surface area contributed by atoms with Gasteiger partial charge in [0, 0.05) is 23.2 Å². The van der Waals surface area contributed by atoms with E-state index in [4.69, 9.17) is 11.6 Å². The average molecular weight is 330 g/mol. The zero-order chi connectivity index (χ0) is 16.2. The molecule has 5 nitrogen and oxygen atoms in total. The highest BCUT2D eigenvalue weighted by Gasteiger charge is 2.36. The molecule has 1 heterocycles. The van der Waals surface area contributed by atoms with Crippen molar-refractivity contribution >= 4 is 29.2 Å². The zero-order valence-corrected chi connectivity index (χ0v) is 13.0. The van der Waals surface area contributed by atoms with Gasteiger partial charge < -0.3 is 16.0 Å². The molecule has 3 N–H and O–H groups in total. The SMILES string of the molecule is O=C(Nc1cccc(Cl)c1)N[C@H]1C(=O)NC[C@@H]1c1ccccc1. The van der Waals surface area contributed by atoms with Crippen molar-refractivity contribution < 1.29 is 9.59 Å². The van der Waals surface area contributed by atoms with Gasteiger partial charge >= 0.3 is 6.03 Å². The van der Waals surface area contributed by atoms with Gasteiger partial charge in [-0.3, -0.25) is 4.79 Å². The van der Waals surface area contributed by atoms with Gasteiger partial charge in [-0.2, -0.15) is 0 Å². The summed E-state index contributed by atoms with van der Waals surface area (Å²) in [6, 6.07) is 15.5. The lowest BCUT2D eigenvalue weighted by molar-refractivity contribution is -0.120. The number of urea groups is 1. The predicted octanol–water partition coefficient (Wildman–Crippen LogP) is 2.74. The molecule has 1 aliphatic rings. The smallest absolute Gasteiger partial charge is 0.319 e. The first-order valence-electron chi connectivity index (χ1n) is 7.29. The summed E-state index contributed by atoms with van der Waals surface area (Å²) >= 11 is 5.89. The number of benzene rings is 2. The Morgan fingerprint density at radius 2 is 1.91 bits per heavy atom. The molecule has 1 saturated heterocycles. The Balaban J connectivity index is 1.69. The van der Waals surface area contributed by atoms with Crippen molar-refractivity contribution in [2.75, 3.05) is 11.9 Å². The van der Waals surface area contributed by atoms with Crippen LogP contribution in [0.15, 0.2) is 54.6 Å². The third-order valence-corrected chi connectivity index (χ3v) is 4.01. The van der Waals surface area contributed by atoms with Crippen LogP contribution in [0, 0.1) is 0 Å². The Morgan fingerprint density at radius 1 is 1.13 bits per heavy atom. The molecule has 118 valence electrons. The number of halogens is 1. The normalized spacial score (nSPS) is 20.0. The Bertz CT molecular complexity index is 721. The predicted molar refractivity (Wildman–Crippen MR) is 89.6 cm³/mol. The molecule has 23 heavy (non-hydrogen) atoms. The molecule has 0 spiro atoms. The first-order valence-corrected chi connectivity index (χ1v) is 7.67. The van der Waals surface area contributed by atoms with Crippen LogP contribution in [0.5, 0.6) is 0 Å². The van der Waals surface area contributed by atoms with Crippen LogP contribution in [0.2, 0.25) is 5.02 Å². The van der Waals surface area contributed by atoms with Crippen LogP contribution in [0.25, 0.3) is 0 Å². The molecule has 2 aromatic carbocycles. The van der Waals surface area contributed by atoms with Crippen LogP contribution in [-0.2, 0) is 4.79 Å². The summed E-state index contributed by atoms with van der Waals surface area (Å²) in [6.07, 6.45) is 0. The van der Waals surface area contributed by atoms with E-state index in [9.17, 15) is 9.59 Å². The number of nitrogens with one attached hydrogen (secondary N) is 3. The lowest BCUT2D eigenvalue weighted by Gasteiger charge is -2.19. The maximum absolute atomic E-state index is 12.2. The Hall–Kier alpha value is -2.53. The molecule has 0 bridgehead atoms. The number of carbonyl (C=O) groups is 2. The lowest BCUT2D eigenvalue weighted by atomic mass is 9.94. The minimum absolute atomic E-state index is 0.0891. The van der Waals surface area contributed by atoms with Crippen LogP contribution >= 0.6 is 11.6 Å². The van der Waals surface area contributed by atoms with Crippen molar-refractivity contribution in [1.82, 2.24) is 10.6 Å². The Labute approximate surface area is 139 Å². The van der Waals surface area contributed by atoms with Gasteiger partial charge in [-0.1, -0.05) is 48.0 Å². The van der Waals surface area contributed by atoms with Gasteiger partial charge in [-0.15, -0.1) is 0 Å². The first-order chi connectivity index (χ1) is 11.1. The molecular formula is C17H16ClN3O2. The Kier molecular flexibility index (Phi) is 4.48. The van der Waals surface area contributed by atoms with E-state index in [-0.39, 0.29) is 11.8 Å². The summed E-state index contributed by atoms with van der Waals surface area (Å²) in [7, 11) is 0. The molecule has 3 amide bonds. The number of hydrogen-bond donors (Lipinski definition) is 3. The number of anilines is 1. The highest BCUT2D eigenvalue weighted by molar-refractivity contribution is 6.30. The zero-order valence-electron chi connectivity index (χ0n) is 12.3. The van der Waals surface area contributed by atoms with Gasteiger partial charge in [-0.05, 0) is 23.8 Å². The summed E-state index contributed by atoms with van der Waals surface area (Å²) in [4.78, 5) is 24.2. The van der Waals surface area contributed by atoms with E-state index in [2.05, 4.69) is 16.0 Å². The first kappa shape index (κ1) is 15.4. The molecule has 1 fully saturated rings.